The number of likely N-dealkylation sites (N-methyl/N-ethyl adjacent to an activating group) is 1. The zero-order valence-corrected chi connectivity index (χ0v) is 15.5. The number of guanidine groups is 1. The van der Waals surface area contributed by atoms with E-state index in [9.17, 15) is 4.79 Å². The van der Waals surface area contributed by atoms with Gasteiger partial charge in [-0.3, -0.25) is 9.79 Å². The molecule has 140 valence electrons. The Morgan fingerprint density at radius 3 is 2.77 bits per heavy atom. The molecule has 7 heteroatoms. The first-order chi connectivity index (χ1) is 12.6. The normalized spacial score (nSPS) is 11.1. The fourth-order valence-corrected chi connectivity index (χ4v) is 2.18. The van der Waals surface area contributed by atoms with E-state index in [2.05, 4.69) is 15.6 Å². The Bertz CT molecular complexity index is 711. The van der Waals surface area contributed by atoms with Crippen LogP contribution in [0.1, 0.15) is 11.3 Å². The van der Waals surface area contributed by atoms with E-state index in [0.717, 1.165) is 24.3 Å². The fourth-order valence-electron chi connectivity index (χ4n) is 2.18. The first kappa shape index (κ1) is 19.4. The van der Waals surface area contributed by atoms with E-state index in [4.69, 9.17) is 9.15 Å². The number of nitrogens with one attached hydrogen (secondary N) is 2. The van der Waals surface area contributed by atoms with Crippen LogP contribution in [-0.2, 0) is 17.8 Å². The number of carbonyl (C=O) groups is 1. The van der Waals surface area contributed by atoms with Crippen LogP contribution in [0.5, 0.6) is 5.75 Å². The molecular weight excluding hydrogens is 332 g/mol. The molecule has 0 bridgehead atoms. The monoisotopic (exact) mass is 358 g/mol. The summed E-state index contributed by atoms with van der Waals surface area (Å²) in [5.74, 6) is 2.24. The largest absolute Gasteiger partial charge is 0.484 e. The van der Waals surface area contributed by atoms with Crippen LogP contribution in [0, 0.1) is 0 Å². The van der Waals surface area contributed by atoms with Crippen molar-refractivity contribution in [1.82, 2.24) is 15.5 Å². The number of carbonyl (C=O) groups excluding carboxylic acids is 1. The van der Waals surface area contributed by atoms with Crippen LogP contribution in [0.25, 0.3) is 0 Å². The number of nitrogens with zero attached hydrogens (tertiary/aromatic N) is 2. The Labute approximate surface area is 154 Å². The molecule has 0 aliphatic carbocycles. The van der Waals surface area contributed by atoms with Crippen molar-refractivity contribution >= 4 is 11.9 Å². The molecular formula is C19H26N4O3. The van der Waals surface area contributed by atoms with E-state index in [1.54, 1.807) is 27.4 Å². The number of hydrogen-bond acceptors (Lipinski definition) is 4. The number of furan rings is 1. The highest BCUT2D eigenvalue weighted by atomic mass is 16.5. The number of amides is 1. The molecule has 2 N–H and O–H groups in total. The molecule has 0 spiro atoms. The molecule has 0 fully saturated rings. The van der Waals surface area contributed by atoms with Gasteiger partial charge in [-0.1, -0.05) is 12.1 Å². The highest BCUT2D eigenvalue weighted by molar-refractivity contribution is 5.79. The Morgan fingerprint density at radius 2 is 2.08 bits per heavy atom. The second-order valence-electron chi connectivity index (χ2n) is 5.91. The molecule has 0 unspecified atom stereocenters. The van der Waals surface area contributed by atoms with E-state index in [0.29, 0.717) is 18.3 Å². The lowest BCUT2D eigenvalue weighted by atomic mass is 10.2. The summed E-state index contributed by atoms with van der Waals surface area (Å²) in [6.07, 6.45) is 2.46. The number of hydrogen-bond donors (Lipinski definition) is 2. The Kier molecular flexibility index (Phi) is 7.54. The Balaban J connectivity index is 1.78. The maximum Gasteiger partial charge on any atom is 0.259 e. The maximum absolute atomic E-state index is 11.6. The third-order valence-electron chi connectivity index (χ3n) is 3.69. The summed E-state index contributed by atoms with van der Waals surface area (Å²) in [4.78, 5) is 17.3. The molecule has 2 aromatic rings. The summed E-state index contributed by atoms with van der Waals surface area (Å²) in [7, 11) is 5.14. The quantitative estimate of drug-likeness (QED) is 0.554. The van der Waals surface area contributed by atoms with Crippen molar-refractivity contribution < 1.29 is 13.9 Å². The molecule has 7 nitrogen and oxygen atoms in total. The van der Waals surface area contributed by atoms with Crippen molar-refractivity contribution in [3.8, 4) is 5.75 Å². The van der Waals surface area contributed by atoms with Crippen LogP contribution in [0.4, 0.5) is 0 Å². The number of aliphatic imine (C=N–C) groups is 1. The fraction of sp³-hybridized carbons (Fsp3) is 0.368. The second-order valence-corrected chi connectivity index (χ2v) is 5.91. The van der Waals surface area contributed by atoms with Gasteiger partial charge in [0.05, 0.1) is 6.26 Å². The molecule has 0 atom stereocenters. The number of rotatable bonds is 8. The SMILES string of the molecule is CN=C(NCCc1ccco1)NCc1cccc(OCC(=O)N(C)C)c1. The summed E-state index contributed by atoms with van der Waals surface area (Å²) in [6, 6.07) is 11.5. The van der Waals surface area contributed by atoms with E-state index < -0.39 is 0 Å². The summed E-state index contributed by atoms with van der Waals surface area (Å²) >= 11 is 0. The lowest BCUT2D eigenvalue weighted by molar-refractivity contribution is -0.130. The molecule has 0 saturated heterocycles. The average molecular weight is 358 g/mol. The minimum atomic E-state index is -0.0744. The molecule has 0 aliphatic rings. The van der Waals surface area contributed by atoms with Gasteiger partial charge < -0.3 is 24.7 Å². The molecule has 1 aromatic heterocycles. The van der Waals surface area contributed by atoms with Crippen molar-refractivity contribution in [2.75, 3.05) is 34.3 Å². The van der Waals surface area contributed by atoms with Crippen molar-refractivity contribution in [2.45, 2.75) is 13.0 Å². The molecule has 0 saturated carbocycles. The lowest BCUT2D eigenvalue weighted by Crippen LogP contribution is -2.37. The van der Waals surface area contributed by atoms with E-state index in [-0.39, 0.29) is 12.5 Å². The highest BCUT2D eigenvalue weighted by Crippen LogP contribution is 2.13. The third-order valence-corrected chi connectivity index (χ3v) is 3.69. The molecule has 0 aliphatic heterocycles. The van der Waals surface area contributed by atoms with Gasteiger partial charge in [0.1, 0.15) is 11.5 Å². The molecule has 1 heterocycles. The Morgan fingerprint density at radius 1 is 1.23 bits per heavy atom. The smallest absolute Gasteiger partial charge is 0.259 e. The minimum Gasteiger partial charge on any atom is -0.484 e. The van der Waals surface area contributed by atoms with Crippen molar-refractivity contribution in [1.29, 1.82) is 0 Å². The molecule has 1 amide bonds. The van der Waals surface area contributed by atoms with Crippen LogP contribution in [-0.4, -0.2) is 51.1 Å². The van der Waals surface area contributed by atoms with Gasteiger partial charge in [0.2, 0.25) is 0 Å². The summed E-state index contributed by atoms with van der Waals surface area (Å²) < 4.78 is 10.8. The predicted molar refractivity (Wildman–Crippen MR) is 101 cm³/mol. The number of benzene rings is 1. The molecule has 1 aromatic carbocycles. The highest BCUT2D eigenvalue weighted by Gasteiger charge is 2.06. The van der Waals surface area contributed by atoms with Crippen molar-refractivity contribution in [2.24, 2.45) is 4.99 Å². The second kappa shape index (κ2) is 10.1. The molecule has 2 rings (SSSR count). The first-order valence-electron chi connectivity index (χ1n) is 8.47. The van der Waals surface area contributed by atoms with Crippen LogP contribution in [0.15, 0.2) is 52.1 Å². The maximum atomic E-state index is 11.6. The zero-order valence-electron chi connectivity index (χ0n) is 15.5. The Hall–Kier alpha value is -2.96. The zero-order chi connectivity index (χ0) is 18.8. The van der Waals surface area contributed by atoms with Crippen LogP contribution >= 0.6 is 0 Å². The van der Waals surface area contributed by atoms with Crippen molar-refractivity contribution in [3.05, 3.63) is 54.0 Å². The summed E-state index contributed by atoms with van der Waals surface area (Å²) in [6.45, 7) is 1.35. The van der Waals surface area contributed by atoms with E-state index in [1.807, 2.05) is 36.4 Å². The lowest BCUT2D eigenvalue weighted by Gasteiger charge is -2.13. The topological polar surface area (TPSA) is 79.1 Å². The van der Waals surface area contributed by atoms with Gasteiger partial charge in [0.15, 0.2) is 12.6 Å². The van der Waals surface area contributed by atoms with Gasteiger partial charge in [0, 0.05) is 40.7 Å². The standard InChI is InChI=1S/C19H26N4O3/c1-20-19(21-10-9-16-8-5-11-25-16)22-13-15-6-4-7-17(12-15)26-14-18(24)23(2)3/h4-8,11-12H,9-10,13-14H2,1-3H3,(H2,20,21,22). The molecule has 0 radical (unpaired) electrons. The number of ether oxygens (including phenoxy) is 1. The van der Waals surface area contributed by atoms with Crippen molar-refractivity contribution in [3.63, 3.8) is 0 Å². The molecule has 26 heavy (non-hydrogen) atoms. The summed E-state index contributed by atoms with van der Waals surface area (Å²) in [5, 5.41) is 6.50. The van der Waals surface area contributed by atoms with Gasteiger partial charge in [-0.05, 0) is 29.8 Å². The van der Waals surface area contributed by atoms with Gasteiger partial charge in [-0.25, -0.2) is 0 Å². The van der Waals surface area contributed by atoms with Gasteiger partial charge in [0.25, 0.3) is 5.91 Å². The summed E-state index contributed by atoms with van der Waals surface area (Å²) in [5.41, 5.74) is 1.04. The van der Waals surface area contributed by atoms with Crippen LogP contribution in [0.3, 0.4) is 0 Å². The average Bonchev–Trinajstić information content (AvgIpc) is 3.16. The van der Waals surface area contributed by atoms with Crippen LogP contribution < -0.4 is 15.4 Å². The van der Waals surface area contributed by atoms with Gasteiger partial charge in [-0.2, -0.15) is 0 Å². The predicted octanol–water partition coefficient (Wildman–Crippen LogP) is 1.65. The van der Waals surface area contributed by atoms with E-state index in [1.165, 1.54) is 4.90 Å². The first-order valence-corrected chi connectivity index (χ1v) is 8.47. The van der Waals surface area contributed by atoms with E-state index >= 15 is 0 Å². The minimum absolute atomic E-state index is 0.0277. The van der Waals surface area contributed by atoms with Crippen LogP contribution in [0.2, 0.25) is 0 Å². The van der Waals surface area contributed by atoms with Gasteiger partial charge in [-0.15, -0.1) is 0 Å². The third kappa shape index (κ3) is 6.51. The van der Waals surface area contributed by atoms with Gasteiger partial charge >= 0.3 is 0 Å².